The molecule has 0 aliphatic heterocycles. The second-order valence-corrected chi connectivity index (χ2v) is 5.40. The number of amides is 1. The Kier molecular flexibility index (Phi) is 6.27. The molecule has 0 fully saturated rings. The van der Waals surface area contributed by atoms with Gasteiger partial charge in [0.25, 0.3) is 0 Å². The summed E-state index contributed by atoms with van der Waals surface area (Å²) in [6, 6.07) is 5.29. The molecule has 0 bridgehead atoms. The predicted molar refractivity (Wildman–Crippen MR) is 72.2 cm³/mol. The first kappa shape index (κ1) is 16.9. The van der Waals surface area contributed by atoms with Gasteiger partial charge < -0.3 is 11.1 Å². The number of hydrogen-bond acceptors (Lipinski definition) is 4. The van der Waals surface area contributed by atoms with Crippen molar-refractivity contribution >= 4 is 34.0 Å². The minimum Gasteiger partial charge on any atom is -0.325 e. The van der Waals surface area contributed by atoms with Crippen LogP contribution in [0.3, 0.4) is 0 Å². The molecule has 8 heteroatoms. The van der Waals surface area contributed by atoms with E-state index >= 15 is 0 Å². The molecule has 18 heavy (non-hydrogen) atoms. The average Bonchev–Trinajstić information content (AvgIpc) is 2.29. The fourth-order valence-electron chi connectivity index (χ4n) is 1.11. The highest BCUT2D eigenvalue weighted by Gasteiger charge is 2.13. The first-order valence-electron chi connectivity index (χ1n) is 4.97. The van der Waals surface area contributed by atoms with Crippen molar-refractivity contribution in [2.75, 3.05) is 12.4 Å². The summed E-state index contributed by atoms with van der Waals surface area (Å²) in [5, 5.41) is 2.52. The number of rotatable bonds is 4. The Morgan fingerprint density at radius 2 is 2.00 bits per heavy atom. The summed E-state index contributed by atoms with van der Waals surface area (Å²) in [5.41, 5.74) is 5.78. The summed E-state index contributed by atoms with van der Waals surface area (Å²) in [4.78, 5) is 11.4. The van der Waals surface area contributed by atoms with Gasteiger partial charge in [-0.15, -0.1) is 12.4 Å². The molecule has 0 aliphatic carbocycles. The Morgan fingerprint density at radius 1 is 1.39 bits per heavy atom. The Morgan fingerprint density at radius 3 is 2.50 bits per heavy atom. The predicted octanol–water partition coefficient (Wildman–Crippen LogP) is 0.302. The van der Waals surface area contributed by atoms with E-state index in [2.05, 4.69) is 10.0 Å². The normalized spacial score (nSPS) is 12.4. The number of anilines is 1. The van der Waals surface area contributed by atoms with Crippen LogP contribution in [0, 0.1) is 0 Å². The summed E-state index contributed by atoms with van der Waals surface area (Å²) >= 11 is 0. The van der Waals surface area contributed by atoms with Crippen LogP contribution in [0.25, 0.3) is 0 Å². The molecule has 0 spiro atoms. The van der Waals surface area contributed by atoms with E-state index in [0.717, 1.165) is 0 Å². The molecule has 0 unspecified atom stereocenters. The second-order valence-electron chi connectivity index (χ2n) is 3.51. The quantitative estimate of drug-likeness (QED) is 0.743. The molecule has 1 aromatic carbocycles. The van der Waals surface area contributed by atoms with E-state index in [9.17, 15) is 13.2 Å². The standard InChI is InChI=1S/C10H15N3O3S.ClH/c1-7(11)10(14)13-8-4-3-5-9(6-8)17(15,16)12-2;/h3-7,12H,11H2,1-2H3,(H,13,14);1H/t7-;/m1./s1. The molecular weight excluding hydrogens is 278 g/mol. The fraction of sp³-hybridized carbons (Fsp3) is 0.300. The van der Waals surface area contributed by atoms with Gasteiger partial charge in [-0.2, -0.15) is 0 Å². The van der Waals surface area contributed by atoms with Crippen molar-refractivity contribution in [3.8, 4) is 0 Å². The van der Waals surface area contributed by atoms with Crippen LogP contribution in [0.1, 0.15) is 6.92 Å². The van der Waals surface area contributed by atoms with E-state index in [-0.39, 0.29) is 23.2 Å². The number of nitrogens with one attached hydrogen (secondary N) is 2. The molecule has 0 aromatic heterocycles. The van der Waals surface area contributed by atoms with Crippen molar-refractivity contribution in [2.45, 2.75) is 17.9 Å². The van der Waals surface area contributed by atoms with Crippen LogP contribution in [0.15, 0.2) is 29.2 Å². The minimum atomic E-state index is -3.51. The van der Waals surface area contributed by atoms with Gasteiger partial charge in [-0.1, -0.05) is 6.07 Å². The summed E-state index contributed by atoms with van der Waals surface area (Å²) in [6.45, 7) is 1.55. The van der Waals surface area contributed by atoms with E-state index in [1.165, 1.54) is 19.2 Å². The lowest BCUT2D eigenvalue weighted by Crippen LogP contribution is -2.32. The van der Waals surface area contributed by atoms with Crippen LogP contribution < -0.4 is 15.8 Å². The molecule has 102 valence electrons. The van der Waals surface area contributed by atoms with Gasteiger partial charge in [-0.25, -0.2) is 13.1 Å². The van der Waals surface area contributed by atoms with Gasteiger partial charge in [0.2, 0.25) is 15.9 Å². The molecule has 1 rings (SSSR count). The molecule has 4 N–H and O–H groups in total. The zero-order chi connectivity index (χ0) is 13.1. The van der Waals surface area contributed by atoms with Gasteiger partial charge in [0.1, 0.15) is 0 Å². The van der Waals surface area contributed by atoms with Crippen molar-refractivity contribution in [2.24, 2.45) is 5.73 Å². The molecule has 0 radical (unpaired) electrons. The van der Waals surface area contributed by atoms with Gasteiger partial charge in [-0.05, 0) is 32.2 Å². The number of sulfonamides is 1. The highest BCUT2D eigenvalue weighted by Crippen LogP contribution is 2.15. The van der Waals surface area contributed by atoms with Gasteiger partial charge >= 0.3 is 0 Å². The third-order valence-electron chi connectivity index (χ3n) is 2.09. The van der Waals surface area contributed by atoms with E-state index in [1.54, 1.807) is 19.1 Å². The van der Waals surface area contributed by atoms with Gasteiger partial charge in [0.05, 0.1) is 10.9 Å². The number of benzene rings is 1. The number of hydrogen-bond donors (Lipinski definition) is 3. The summed E-state index contributed by atoms with van der Waals surface area (Å²) in [7, 11) is -2.19. The van der Waals surface area contributed by atoms with Crippen molar-refractivity contribution in [1.29, 1.82) is 0 Å². The third-order valence-corrected chi connectivity index (χ3v) is 3.51. The lowest BCUT2D eigenvalue weighted by Gasteiger charge is -2.09. The minimum absolute atomic E-state index is 0. The molecular formula is C10H16ClN3O3S. The highest BCUT2D eigenvalue weighted by atomic mass is 35.5. The smallest absolute Gasteiger partial charge is 0.240 e. The molecule has 1 atom stereocenters. The molecule has 6 nitrogen and oxygen atoms in total. The van der Waals surface area contributed by atoms with Gasteiger partial charge in [0, 0.05) is 5.69 Å². The van der Waals surface area contributed by atoms with Crippen molar-refractivity contribution in [3.05, 3.63) is 24.3 Å². The first-order valence-corrected chi connectivity index (χ1v) is 6.45. The van der Waals surface area contributed by atoms with E-state index in [1.807, 2.05) is 0 Å². The zero-order valence-corrected chi connectivity index (χ0v) is 11.6. The van der Waals surface area contributed by atoms with E-state index < -0.39 is 16.1 Å². The Labute approximate surface area is 112 Å². The van der Waals surface area contributed by atoms with Crippen LogP contribution in [0.4, 0.5) is 5.69 Å². The van der Waals surface area contributed by atoms with Crippen LogP contribution >= 0.6 is 12.4 Å². The topological polar surface area (TPSA) is 101 Å². The number of halogens is 1. The Balaban J connectivity index is 0.00000289. The summed E-state index contributed by atoms with van der Waals surface area (Å²) in [6.07, 6.45) is 0. The molecule has 0 aliphatic rings. The molecule has 0 saturated carbocycles. The maximum Gasteiger partial charge on any atom is 0.240 e. The Bertz CT molecular complexity index is 517. The van der Waals surface area contributed by atoms with Crippen LogP contribution in [-0.2, 0) is 14.8 Å². The van der Waals surface area contributed by atoms with Gasteiger partial charge in [-0.3, -0.25) is 4.79 Å². The van der Waals surface area contributed by atoms with Crippen molar-refractivity contribution in [1.82, 2.24) is 4.72 Å². The Hall–Kier alpha value is -1.15. The zero-order valence-electron chi connectivity index (χ0n) is 10.0. The monoisotopic (exact) mass is 293 g/mol. The number of carbonyl (C=O) groups is 1. The molecule has 0 saturated heterocycles. The largest absolute Gasteiger partial charge is 0.325 e. The number of nitrogens with two attached hydrogens (primary N) is 1. The fourth-order valence-corrected chi connectivity index (χ4v) is 1.89. The summed E-state index contributed by atoms with van der Waals surface area (Å²) < 4.78 is 25.2. The van der Waals surface area contributed by atoms with Crippen LogP contribution in [-0.4, -0.2) is 27.4 Å². The van der Waals surface area contributed by atoms with E-state index in [4.69, 9.17) is 5.73 Å². The maximum absolute atomic E-state index is 11.5. The second kappa shape index (κ2) is 6.69. The number of carbonyl (C=O) groups excluding carboxylic acids is 1. The van der Waals surface area contributed by atoms with Gasteiger partial charge in [0.15, 0.2) is 0 Å². The summed E-state index contributed by atoms with van der Waals surface area (Å²) in [5.74, 6) is -0.371. The average molecular weight is 294 g/mol. The lowest BCUT2D eigenvalue weighted by molar-refractivity contribution is -0.117. The molecule has 1 amide bonds. The molecule has 0 heterocycles. The van der Waals surface area contributed by atoms with Crippen LogP contribution in [0.5, 0.6) is 0 Å². The highest BCUT2D eigenvalue weighted by molar-refractivity contribution is 7.89. The first-order chi connectivity index (χ1) is 7.86. The van der Waals surface area contributed by atoms with Crippen molar-refractivity contribution < 1.29 is 13.2 Å². The van der Waals surface area contributed by atoms with Crippen molar-refractivity contribution in [3.63, 3.8) is 0 Å². The van der Waals surface area contributed by atoms with E-state index in [0.29, 0.717) is 5.69 Å². The van der Waals surface area contributed by atoms with Crippen LogP contribution in [0.2, 0.25) is 0 Å². The molecule has 1 aromatic rings. The maximum atomic E-state index is 11.5. The SMILES string of the molecule is CNS(=O)(=O)c1cccc(NC(=O)[C@@H](C)N)c1.Cl. The third kappa shape index (κ3) is 4.26. The lowest BCUT2D eigenvalue weighted by atomic mass is 10.3.